The standard InChI is InChI=1S/C22H20ClN9O13S4.4Na/c23-19-28-21(25-3-4-46(34,35)36)30-22(29-19)26-11-1-2-14(15(7-11)27-20(24)33)31-32-16-9-13-10(6-18(16)49(43,44)45)5-12(47(37,38)39)8-17(13)48(40,41)42;;;;/h1-2,5-9H,3-4H2,(H3,24,27,33)(H,34,35,36)(H,37,38,39)(H,40,41,42)(H,43,44,45)(H2,25,26,28,29,30);;;;. The number of urea groups is 1. The molecule has 22 nitrogen and oxygen atoms in total. The van der Waals surface area contributed by atoms with Gasteiger partial charge in [0.25, 0.3) is 40.5 Å². The Morgan fingerprint density at radius 2 is 1.32 bits per heavy atom. The minimum Gasteiger partial charge on any atom is -0.353 e. The molecule has 31 heteroatoms. The first-order valence-corrected chi connectivity index (χ1v) is 18.8. The van der Waals surface area contributed by atoms with E-state index in [4.69, 9.17) is 21.9 Å². The summed E-state index contributed by atoms with van der Waals surface area (Å²) in [6, 6.07) is 5.08. The van der Waals surface area contributed by atoms with Crippen LogP contribution in [0.1, 0.15) is 0 Å². The number of hydrogen-bond donors (Lipinski definition) is 8. The Hall–Kier alpha value is -0.670. The summed E-state index contributed by atoms with van der Waals surface area (Å²) < 4.78 is 132. The number of hydrogen-bond acceptors (Lipinski definition) is 16. The van der Waals surface area contributed by atoms with Gasteiger partial charge in [-0.1, -0.05) is 0 Å². The number of carbonyl (C=O) groups excluding carboxylic acids is 1. The fourth-order valence-electron chi connectivity index (χ4n) is 3.91. The van der Waals surface area contributed by atoms with Crippen LogP contribution in [0, 0.1) is 0 Å². The third kappa shape index (κ3) is 15.3. The van der Waals surface area contributed by atoms with Gasteiger partial charge in [0.15, 0.2) is 0 Å². The molecule has 0 aliphatic rings. The monoisotopic (exact) mass is 873 g/mol. The van der Waals surface area contributed by atoms with Crippen molar-refractivity contribution in [3.05, 3.63) is 47.7 Å². The van der Waals surface area contributed by atoms with Crippen LogP contribution in [0.5, 0.6) is 0 Å². The number of benzene rings is 3. The number of primary amides is 1. The molecule has 0 saturated heterocycles. The average molecular weight is 874 g/mol. The number of nitrogens with one attached hydrogen (secondary N) is 3. The molecule has 4 radical (unpaired) electrons. The van der Waals surface area contributed by atoms with Crippen LogP contribution in [0.4, 0.5) is 39.4 Å². The van der Waals surface area contributed by atoms with Crippen molar-refractivity contribution >= 4 is 222 Å². The Balaban J connectivity index is 0.00000676. The number of azo groups is 1. The van der Waals surface area contributed by atoms with Crippen LogP contribution < -0.4 is 21.7 Å². The summed E-state index contributed by atoms with van der Waals surface area (Å²) in [5.74, 6) is -1.03. The first kappa shape index (κ1) is 52.3. The number of aromatic nitrogens is 3. The molecule has 4 aromatic rings. The van der Waals surface area contributed by atoms with Gasteiger partial charge in [-0.3, -0.25) is 18.2 Å². The zero-order valence-electron chi connectivity index (χ0n) is 27.7. The number of anilines is 4. The molecule has 0 aliphatic heterocycles. The summed E-state index contributed by atoms with van der Waals surface area (Å²) in [6.45, 7) is -0.287. The molecule has 0 spiro atoms. The smallest absolute Gasteiger partial charge is 0.316 e. The molecule has 2 amide bonds. The van der Waals surface area contributed by atoms with Crippen LogP contribution >= 0.6 is 11.6 Å². The number of carbonyl (C=O) groups is 1. The molecule has 4 rings (SSSR count). The van der Waals surface area contributed by atoms with Crippen molar-refractivity contribution in [1.82, 2.24) is 15.0 Å². The molecular weight excluding hydrogens is 854 g/mol. The van der Waals surface area contributed by atoms with Crippen LogP contribution in [0.3, 0.4) is 0 Å². The van der Waals surface area contributed by atoms with Crippen molar-refractivity contribution in [2.45, 2.75) is 14.7 Å². The van der Waals surface area contributed by atoms with Crippen molar-refractivity contribution in [3.63, 3.8) is 0 Å². The minimum atomic E-state index is -5.20. The average Bonchev–Trinajstić information content (AvgIpc) is 2.93. The first-order valence-electron chi connectivity index (χ1n) is 12.5. The molecule has 3 aromatic carbocycles. The largest absolute Gasteiger partial charge is 0.353 e. The van der Waals surface area contributed by atoms with Gasteiger partial charge in [0.05, 0.1) is 16.3 Å². The van der Waals surface area contributed by atoms with Gasteiger partial charge < -0.3 is 21.7 Å². The molecule has 0 saturated carbocycles. The normalized spacial score (nSPS) is 11.7. The molecule has 9 N–H and O–H groups in total. The van der Waals surface area contributed by atoms with E-state index in [0.717, 1.165) is 6.07 Å². The van der Waals surface area contributed by atoms with E-state index in [9.17, 15) is 52.1 Å². The molecule has 53 heavy (non-hydrogen) atoms. The van der Waals surface area contributed by atoms with Crippen molar-refractivity contribution < 1.29 is 56.7 Å². The SMILES string of the molecule is NC(=O)Nc1cc(Nc2nc(Cl)nc(NCCS(=O)(=O)O)n2)ccc1N=Nc1cc2c(S(=O)(=O)O)cc(S(=O)(=O)O)cc2cc1S(=O)(=O)O.[Na].[Na].[Na].[Na]. The molecule has 266 valence electrons. The quantitative estimate of drug-likeness (QED) is 0.0555. The second-order valence-electron chi connectivity index (χ2n) is 9.40. The van der Waals surface area contributed by atoms with Gasteiger partial charge in [-0.05, 0) is 59.5 Å². The molecule has 0 unspecified atom stereocenters. The number of amides is 2. The maximum absolute atomic E-state index is 12.2. The Morgan fingerprint density at radius 3 is 1.87 bits per heavy atom. The van der Waals surface area contributed by atoms with Gasteiger partial charge in [-0.2, -0.15) is 48.6 Å². The molecule has 0 atom stereocenters. The summed E-state index contributed by atoms with van der Waals surface area (Å²) in [6.07, 6.45) is 0. The zero-order valence-corrected chi connectivity index (χ0v) is 39.8. The number of halogens is 1. The number of rotatable bonds is 12. The molecule has 1 heterocycles. The minimum absolute atomic E-state index is 0. The van der Waals surface area contributed by atoms with Crippen molar-refractivity contribution in [1.29, 1.82) is 0 Å². The van der Waals surface area contributed by atoms with E-state index < -0.39 is 83.4 Å². The summed E-state index contributed by atoms with van der Waals surface area (Å²) in [5.41, 5.74) is 4.30. The first-order chi connectivity index (χ1) is 22.5. The third-order valence-electron chi connectivity index (χ3n) is 5.85. The van der Waals surface area contributed by atoms with Crippen molar-refractivity contribution in [2.24, 2.45) is 16.0 Å². The number of nitrogens with two attached hydrogens (primary N) is 1. The van der Waals surface area contributed by atoms with Crippen LogP contribution in [-0.4, -0.2) is 203 Å². The van der Waals surface area contributed by atoms with E-state index in [0.29, 0.717) is 18.2 Å². The van der Waals surface area contributed by atoms with E-state index in [1.54, 1.807) is 0 Å². The number of nitrogens with zero attached hydrogens (tertiary/aromatic N) is 5. The molecule has 1 aromatic heterocycles. The second kappa shape index (κ2) is 20.7. The Morgan fingerprint density at radius 1 is 0.736 bits per heavy atom. The van der Waals surface area contributed by atoms with Gasteiger partial charge in [0.1, 0.15) is 21.2 Å². The van der Waals surface area contributed by atoms with Crippen LogP contribution in [0.2, 0.25) is 5.28 Å². The maximum Gasteiger partial charge on any atom is 0.316 e. The van der Waals surface area contributed by atoms with Crippen LogP contribution in [0.15, 0.2) is 67.4 Å². The van der Waals surface area contributed by atoms with Gasteiger partial charge in [-0.25, -0.2) is 4.79 Å². The Kier molecular flexibility index (Phi) is 20.4. The maximum atomic E-state index is 12.2. The molecule has 0 fully saturated rings. The van der Waals surface area contributed by atoms with E-state index >= 15 is 0 Å². The number of fused-ring (bicyclic) bond motifs is 1. The van der Waals surface area contributed by atoms with Crippen LogP contribution in [0.25, 0.3) is 10.8 Å². The fraction of sp³-hybridized carbons (Fsp3) is 0.0909. The van der Waals surface area contributed by atoms with Gasteiger partial charge >= 0.3 is 6.03 Å². The summed E-state index contributed by atoms with van der Waals surface area (Å²) in [5, 5.41) is 13.8. The van der Waals surface area contributed by atoms with E-state index in [-0.39, 0.29) is 159 Å². The predicted molar refractivity (Wildman–Crippen MR) is 193 cm³/mol. The molecule has 0 aliphatic carbocycles. The third-order valence-corrected chi connectivity index (χ3v) is 9.35. The van der Waals surface area contributed by atoms with Gasteiger partial charge in [0, 0.05) is 136 Å². The fourth-order valence-corrected chi connectivity index (χ4v) is 6.42. The second-order valence-corrected chi connectivity index (χ2v) is 15.5. The van der Waals surface area contributed by atoms with Gasteiger partial charge in [0.2, 0.25) is 17.2 Å². The zero-order chi connectivity index (χ0) is 36.5. The van der Waals surface area contributed by atoms with Crippen LogP contribution in [-0.2, 0) is 40.5 Å². The predicted octanol–water partition coefficient (Wildman–Crippen LogP) is 0.844. The summed E-state index contributed by atoms with van der Waals surface area (Å²) >= 11 is 5.90. The molecular formula is C22H20ClN9Na4O13S4. The van der Waals surface area contributed by atoms with E-state index in [1.807, 2.05) is 0 Å². The van der Waals surface area contributed by atoms with Crippen molar-refractivity contribution in [3.8, 4) is 0 Å². The summed E-state index contributed by atoms with van der Waals surface area (Å²) in [4.78, 5) is 20.2. The summed E-state index contributed by atoms with van der Waals surface area (Å²) in [7, 11) is -19.7. The van der Waals surface area contributed by atoms with E-state index in [1.165, 1.54) is 18.2 Å². The van der Waals surface area contributed by atoms with Gasteiger partial charge in [-0.15, -0.1) is 10.2 Å². The molecule has 0 bridgehead atoms. The Bertz CT molecular complexity index is 2500. The van der Waals surface area contributed by atoms with E-state index in [2.05, 4.69) is 41.1 Å². The topological polar surface area (TPSA) is 360 Å². The Labute approximate surface area is 394 Å². The van der Waals surface area contributed by atoms with Crippen molar-refractivity contribution in [2.75, 3.05) is 28.2 Å².